The number of aromatic nitrogens is 2. The molecular formula is C15H12N2S2. The quantitative estimate of drug-likeness (QED) is 0.601. The summed E-state index contributed by atoms with van der Waals surface area (Å²) in [6.07, 6.45) is 1.84. The first-order valence-electron chi connectivity index (χ1n) is 5.86. The Morgan fingerprint density at radius 3 is 2.16 bits per heavy atom. The number of nitrogens with one attached hydrogen (secondary N) is 1. The fourth-order valence-corrected chi connectivity index (χ4v) is 2.51. The van der Waals surface area contributed by atoms with Gasteiger partial charge >= 0.3 is 0 Å². The third-order valence-electron chi connectivity index (χ3n) is 2.93. The van der Waals surface area contributed by atoms with Gasteiger partial charge in [0.15, 0.2) is 0 Å². The van der Waals surface area contributed by atoms with Gasteiger partial charge in [-0.3, -0.25) is 5.10 Å². The summed E-state index contributed by atoms with van der Waals surface area (Å²) in [5.74, 6) is 0. The van der Waals surface area contributed by atoms with E-state index in [0.717, 1.165) is 32.2 Å². The number of hydrogen-bond donors (Lipinski definition) is 3. The van der Waals surface area contributed by atoms with E-state index < -0.39 is 0 Å². The van der Waals surface area contributed by atoms with Gasteiger partial charge in [0.05, 0.1) is 11.9 Å². The van der Waals surface area contributed by atoms with Crippen LogP contribution in [0.3, 0.4) is 0 Å². The van der Waals surface area contributed by atoms with Crippen molar-refractivity contribution in [3.8, 4) is 22.4 Å². The van der Waals surface area contributed by atoms with Crippen LogP contribution in [0.25, 0.3) is 22.4 Å². The lowest BCUT2D eigenvalue weighted by atomic mass is 10.0. The van der Waals surface area contributed by atoms with Gasteiger partial charge in [-0.25, -0.2) is 0 Å². The largest absolute Gasteiger partial charge is 0.277 e. The second-order valence-electron chi connectivity index (χ2n) is 4.26. The van der Waals surface area contributed by atoms with E-state index >= 15 is 0 Å². The van der Waals surface area contributed by atoms with E-state index in [1.807, 2.05) is 48.7 Å². The number of thiol groups is 2. The van der Waals surface area contributed by atoms with Crippen LogP contribution >= 0.6 is 25.3 Å². The Balaban J connectivity index is 2.13. The predicted molar refractivity (Wildman–Crippen MR) is 84.0 cm³/mol. The summed E-state index contributed by atoms with van der Waals surface area (Å²) in [6, 6.07) is 16.0. The van der Waals surface area contributed by atoms with Crippen molar-refractivity contribution in [2.24, 2.45) is 0 Å². The van der Waals surface area contributed by atoms with Gasteiger partial charge in [-0.05, 0) is 29.8 Å². The first-order valence-corrected chi connectivity index (χ1v) is 6.75. The van der Waals surface area contributed by atoms with Crippen molar-refractivity contribution >= 4 is 25.3 Å². The molecule has 1 N–H and O–H groups in total. The molecule has 1 heterocycles. The van der Waals surface area contributed by atoms with Gasteiger partial charge < -0.3 is 0 Å². The molecule has 3 rings (SSSR count). The van der Waals surface area contributed by atoms with Gasteiger partial charge in [0.2, 0.25) is 0 Å². The van der Waals surface area contributed by atoms with Gasteiger partial charge in [-0.2, -0.15) is 5.10 Å². The number of benzene rings is 2. The molecule has 0 radical (unpaired) electrons. The van der Waals surface area contributed by atoms with Crippen LogP contribution in [0.4, 0.5) is 0 Å². The molecule has 4 heteroatoms. The van der Waals surface area contributed by atoms with Crippen molar-refractivity contribution in [2.45, 2.75) is 9.79 Å². The Morgan fingerprint density at radius 1 is 0.842 bits per heavy atom. The van der Waals surface area contributed by atoms with Crippen molar-refractivity contribution < 1.29 is 0 Å². The van der Waals surface area contributed by atoms with Crippen LogP contribution in [-0.4, -0.2) is 10.2 Å². The molecule has 0 aliphatic heterocycles. The standard InChI is InChI=1S/C15H12N2S2/c18-12-5-1-3-10(7-12)14-9-16-17-15(14)11-4-2-6-13(19)8-11/h1-9,18-19H,(H,16,17). The van der Waals surface area contributed by atoms with Crippen LogP contribution in [0.1, 0.15) is 0 Å². The summed E-state index contributed by atoms with van der Waals surface area (Å²) < 4.78 is 0. The SMILES string of the molecule is Sc1cccc(-c2cn[nH]c2-c2cccc(S)c2)c1. The molecule has 2 nitrogen and oxygen atoms in total. The molecular weight excluding hydrogens is 272 g/mol. The van der Waals surface area contributed by atoms with Crippen LogP contribution in [0.15, 0.2) is 64.5 Å². The summed E-state index contributed by atoms with van der Waals surface area (Å²) in [4.78, 5) is 1.87. The molecule has 0 spiro atoms. The average molecular weight is 284 g/mol. The zero-order valence-corrected chi connectivity index (χ0v) is 11.8. The molecule has 1 aromatic heterocycles. The molecule has 0 saturated heterocycles. The molecule has 2 aromatic carbocycles. The highest BCUT2D eigenvalue weighted by atomic mass is 32.1. The minimum atomic E-state index is 0.931. The predicted octanol–water partition coefficient (Wildman–Crippen LogP) is 4.32. The maximum Gasteiger partial charge on any atom is 0.0729 e. The van der Waals surface area contributed by atoms with E-state index in [1.54, 1.807) is 0 Å². The van der Waals surface area contributed by atoms with Crippen LogP contribution in [0.2, 0.25) is 0 Å². The van der Waals surface area contributed by atoms with Gasteiger partial charge in [0, 0.05) is 20.9 Å². The lowest BCUT2D eigenvalue weighted by Gasteiger charge is -2.05. The zero-order valence-electron chi connectivity index (χ0n) is 10.0. The van der Waals surface area contributed by atoms with E-state index in [1.165, 1.54) is 0 Å². The first-order chi connectivity index (χ1) is 9.24. The maximum atomic E-state index is 4.38. The molecule has 0 fully saturated rings. The van der Waals surface area contributed by atoms with Crippen molar-refractivity contribution in [1.29, 1.82) is 0 Å². The van der Waals surface area contributed by atoms with Crippen molar-refractivity contribution in [3.63, 3.8) is 0 Å². The summed E-state index contributed by atoms with van der Waals surface area (Å²) in [6.45, 7) is 0. The smallest absolute Gasteiger partial charge is 0.0729 e. The summed E-state index contributed by atoms with van der Waals surface area (Å²) in [5, 5.41) is 7.22. The monoisotopic (exact) mass is 284 g/mol. The van der Waals surface area contributed by atoms with Crippen molar-refractivity contribution in [2.75, 3.05) is 0 Å². The van der Waals surface area contributed by atoms with Crippen molar-refractivity contribution in [3.05, 3.63) is 54.7 Å². The molecule has 0 aliphatic rings. The Labute approximate surface area is 122 Å². The van der Waals surface area contributed by atoms with E-state index in [2.05, 4.69) is 41.5 Å². The number of nitrogens with zero attached hydrogens (tertiary/aromatic N) is 1. The summed E-state index contributed by atoms with van der Waals surface area (Å²) in [5.41, 5.74) is 4.23. The second kappa shape index (κ2) is 5.15. The Morgan fingerprint density at radius 2 is 1.47 bits per heavy atom. The number of H-pyrrole nitrogens is 1. The number of hydrogen-bond acceptors (Lipinski definition) is 3. The molecule has 0 aliphatic carbocycles. The third kappa shape index (κ3) is 2.55. The molecule has 0 saturated carbocycles. The van der Waals surface area contributed by atoms with E-state index in [9.17, 15) is 0 Å². The third-order valence-corrected chi connectivity index (χ3v) is 3.49. The molecule has 0 amide bonds. The molecule has 0 atom stereocenters. The van der Waals surface area contributed by atoms with Crippen LogP contribution in [-0.2, 0) is 0 Å². The number of rotatable bonds is 2. The Kier molecular flexibility index (Phi) is 3.36. The molecule has 3 aromatic rings. The fourth-order valence-electron chi connectivity index (χ4n) is 2.06. The lowest BCUT2D eigenvalue weighted by Crippen LogP contribution is -1.83. The minimum absolute atomic E-state index is 0.931. The molecule has 0 unspecified atom stereocenters. The van der Waals surface area contributed by atoms with Gasteiger partial charge in [0.25, 0.3) is 0 Å². The second-order valence-corrected chi connectivity index (χ2v) is 5.29. The Hall–Kier alpha value is -1.65. The average Bonchev–Trinajstić information content (AvgIpc) is 2.88. The number of aromatic amines is 1. The Bertz CT molecular complexity index is 659. The van der Waals surface area contributed by atoms with Gasteiger partial charge in [-0.1, -0.05) is 24.3 Å². The summed E-state index contributed by atoms with van der Waals surface area (Å²) >= 11 is 8.76. The normalized spacial score (nSPS) is 10.6. The molecule has 94 valence electrons. The molecule has 0 bridgehead atoms. The van der Waals surface area contributed by atoms with Crippen LogP contribution in [0.5, 0.6) is 0 Å². The molecule has 19 heavy (non-hydrogen) atoms. The fraction of sp³-hybridized carbons (Fsp3) is 0. The van der Waals surface area contributed by atoms with Crippen molar-refractivity contribution in [1.82, 2.24) is 10.2 Å². The van der Waals surface area contributed by atoms with Gasteiger partial charge in [0.1, 0.15) is 0 Å². The summed E-state index contributed by atoms with van der Waals surface area (Å²) in [7, 11) is 0. The first kappa shape index (κ1) is 12.4. The topological polar surface area (TPSA) is 28.7 Å². The van der Waals surface area contributed by atoms with Crippen LogP contribution < -0.4 is 0 Å². The van der Waals surface area contributed by atoms with Crippen LogP contribution in [0, 0.1) is 0 Å². The lowest BCUT2D eigenvalue weighted by molar-refractivity contribution is 1.09. The minimum Gasteiger partial charge on any atom is -0.277 e. The zero-order chi connectivity index (χ0) is 13.2. The highest BCUT2D eigenvalue weighted by molar-refractivity contribution is 7.80. The van der Waals surface area contributed by atoms with Gasteiger partial charge in [-0.15, -0.1) is 25.3 Å². The maximum absolute atomic E-state index is 4.38. The van der Waals surface area contributed by atoms with E-state index in [-0.39, 0.29) is 0 Å². The highest BCUT2D eigenvalue weighted by Crippen LogP contribution is 2.31. The van der Waals surface area contributed by atoms with E-state index in [0.29, 0.717) is 0 Å². The van der Waals surface area contributed by atoms with E-state index in [4.69, 9.17) is 0 Å². The highest BCUT2D eigenvalue weighted by Gasteiger charge is 2.10.